The van der Waals surface area contributed by atoms with Gasteiger partial charge in [0.05, 0.1) is 12.1 Å². The fraction of sp³-hybridized carbons (Fsp3) is 0.611. The molecule has 0 saturated carbocycles. The number of benzene rings is 1. The Kier molecular flexibility index (Phi) is 4.87. The van der Waals surface area contributed by atoms with Crippen LogP contribution in [0.1, 0.15) is 30.4 Å². The lowest BCUT2D eigenvalue weighted by molar-refractivity contribution is -0.135. The summed E-state index contributed by atoms with van der Waals surface area (Å²) in [6.07, 6.45) is 2.01. The number of aliphatic hydroxyl groups excluding tert-OH is 1. The monoisotopic (exact) mass is 318 g/mol. The van der Waals surface area contributed by atoms with Crippen LogP contribution >= 0.6 is 0 Å². The number of amides is 1. The normalized spacial score (nSPS) is 25.6. The van der Waals surface area contributed by atoms with Crippen LogP contribution in [0.2, 0.25) is 0 Å². The van der Waals surface area contributed by atoms with Crippen LogP contribution in [0.15, 0.2) is 18.2 Å². The van der Waals surface area contributed by atoms with Crippen molar-refractivity contribution in [2.75, 3.05) is 19.6 Å². The topological polar surface area (TPSA) is 61.8 Å². The Hall–Kier alpha value is -1.59. The van der Waals surface area contributed by atoms with Gasteiger partial charge in [-0.05, 0) is 43.5 Å². The molecule has 2 unspecified atom stereocenters. The predicted molar refractivity (Wildman–Crippen MR) is 88.6 cm³/mol. The zero-order chi connectivity index (χ0) is 16.4. The van der Waals surface area contributed by atoms with Crippen molar-refractivity contribution in [3.8, 4) is 5.75 Å². The van der Waals surface area contributed by atoms with E-state index in [1.807, 2.05) is 11.0 Å². The first-order valence-electron chi connectivity index (χ1n) is 8.47. The summed E-state index contributed by atoms with van der Waals surface area (Å²) in [7, 11) is 0. The SMILES string of the molecule is Cc1ccc(OC2CCN(C(=O)C3CC(O)CN3)CC2)cc1C. The van der Waals surface area contributed by atoms with Crippen molar-refractivity contribution in [1.29, 1.82) is 0 Å². The first-order chi connectivity index (χ1) is 11.0. The number of likely N-dealkylation sites (tertiary alicyclic amines) is 1. The Morgan fingerprint density at radius 2 is 2.00 bits per heavy atom. The Morgan fingerprint density at radius 3 is 2.61 bits per heavy atom. The Balaban J connectivity index is 1.50. The van der Waals surface area contributed by atoms with Crippen LogP contribution in [0.4, 0.5) is 0 Å². The first kappa shape index (κ1) is 16.3. The van der Waals surface area contributed by atoms with E-state index in [1.54, 1.807) is 0 Å². The number of aliphatic hydroxyl groups is 1. The summed E-state index contributed by atoms with van der Waals surface area (Å²) < 4.78 is 6.07. The molecule has 0 aliphatic carbocycles. The molecule has 0 spiro atoms. The lowest BCUT2D eigenvalue weighted by atomic mass is 10.1. The van der Waals surface area contributed by atoms with Gasteiger partial charge >= 0.3 is 0 Å². The highest BCUT2D eigenvalue weighted by Gasteiger charge is 2.33. The van der Waals surface area contributed by atoms with E-state index < -0.39 is 6.10 Å². The van der Waals surface area contributed by atoms with Gasteiger partial charge in [0.25, 0.3) is 0 Å². The van der Waals surface area contributed by atoms with Gasteiger partial charge in [-0.3, -0.25) is 4.79 Å². The van der Waals surface area contributed by atoms with Gasteiger partial charge < -0.3 is 20.1 Å². The van der Waals surface area contributed by atoms with Gasteiger partial charge in [-0.1, -0.05) is 6.07 Å². The summed E-state index contributed by atoms with van der Waals surface area (Å²) in [5.74, 6) is 1.03. The van der Waals surface area contributed by atoms with Gasteiger partial charge in [0.15, 0.2) is 0 Å². The predicted octanol–water partition coefficient (Wildman–Crippen LogP) is 1.40. The third-order valence-electron chi connectivity index (χ3n) is 4.94. The number of carbonyl (C=O) groups excluding carboxylic acids is 1. The fourth-order valence-corrected chi connectivity index (χ4v) is 3.30. The summed E-state index contributed by atoms with van der Waals surface area (Å²) in [6, 6.07) is 5.96. The molecule has 2 saturated heterocycles. The maximum absolute atomic E-state index is 12.4. The van der Waals surface area contributed by atoms with Crippen molar-refractivity contribution in [1.82, 2.24) is 10.2 Å². The molecule has 1 aromatic carbocycles. The molecule has 1 amide bonds. The zero-order valence-electron chi connectivity index (χ0n) is 13.9. The molecule has 3 rings (SSSR count). The molecule has 126 valence electrons. The molecule has 5 heteroatoms. The van der Waals surface area contributed by atoms with Crippen LogP contribution in [0.3, 0.4) is 0 Å². The molecule has 1 aromatic rings. The largest absolute Gasteiger partial charge is 0.490 e. The van der Waals surface area contributed by atoms with E-state index in [1.165, 1.54) is 11.1 Å². The number of nitrogens with one attached hydrogen (secondary N) is 1. The van der Waals surface area contributed by atoms with Crippen molar-refractivity contribution in [3.05, 3.63) is 29.3 Å². The molecular weight excluding hydrogens is 292 g/mol. The van der Waals surface area contributed by atoms with Gasteiger partial charge in [-0.25, -0.2) is 0 Å². The number of piperidine rings is 1. The first-order valence-corrected chi connectivity index (χ1v) is 8.47. The second-order valence-electron chi connectivity index (χ2n) is 6.74. The molecule has 0 bridgehead atoms. The lowest BCUT2D eigenvalue weighted by Gasteiger charge is -2.33. The van der Waals surface area contributed by atoms with Gasteiger partial charge in [0, 0.05) is 32.5 Å². The standard InChI is InChI=1S/C18H26N2O3/c1-12-3-4-16(9-13(12)2)23-15-5-7-20(8-6-15)18(22)17-10-14(21)11-19-17/h3-4,9,14-15,17,19,21H,5-8,10-11H2,1-2H3. The van der Waals surface area contributed by atoms with Crippen LogP contribution in [-0.2, 0) is 4.79 Å². The maximum atomic E-state index is 12.4. The zero-order valence-corrected chi connectivity index (χ0v) is 13.9. The summed E-state index contributed by atoms with van der Waals surface area (Å²) in [6.45, 7) is 6.15. The van der Waals surface area contributed by atoms with E-state index in [4.69, 9.17) is 4.74 Å². The Bertz CT molecular complexity index is 567. The van der Waals surface area contributed by atoms with Gasteiger partial charge in [-0.2, -0.15) is 0 Å². The Morgan fingerprint density at radius 1 is 1.26 bits per heavy atom. The fourth-order valence-electron chi connectivity index (χ4n) is 3.30. The van der Waals surface area contributed by atoms with Crippen LogP contribution < -0.4 is 10.1 Å². The summed E-state index contributed by atoms with van der Waals surface area (Å²) in [4.78, 5) is 14.3. The van der Waals surface area contributed by atoms with E-state index >= 15 is 0 Å². The van der Waals surface area contributed by atoms with Gasteiger partial charge in [0.2, 0.25) is 5.91 Å². The van der Waals surface area contributed by atoms with Crippen molar-refractivity contribution < 1.29 is 14.6 Å². The Labute approximate surface area is 137 Å². The van der Waals surface area contributed by atoms with Crippen LogP contribution in [-0.4, -0.2) is 53.8 Å². The number of hydrogen-bond acceptors (Lipinski definition) is 4. The minimum atomic E-state index is -0.394. The average Bonchev–Trinajstić information content (AvgIpc) is 2.97. The minimum Gasteiger partial charge on any atom is -0.490 e. The third kappa shape index (κ3) is 3.85. The van der Waals surface area contributed by atoms with Crippen molar-refractivity contribution >= 4 is 5.91 Å². The molecule has 0 radical (unpaired) electrons. The molecule has 2 aliphatic rings. The van der Waals surface area contributed by atoms with Crippen LogP contribution in [0.25, 0.3) is 0 Å². The summed E-state index contributed by atoms with van der Waals surface area (Å²) >= 11 is 0. The number of carbonyl (C=O) groups is 1. The van der Waals surface area contributed by atoms with Crippen LogP contribution in [0.5, 0.6) is 5.75 Å². The quantitative estimate of drug-likeness (QED) is 0.884. The van der Waals surface area contributed by atoms with Crippen molar-refractivity contribution in [2.45, 2.75) is 51.4 Å². The third-order valence-corrected chi connectivity index (χ3v) is 4.94. The molecule has 2 heterocycles. The highest BCUT2D eigenvalue weighted by Crippen LogP contribution is 2.22. The van der Waals surface area contributed by atoms with Crippen molar-refractivity contribution in [2.24, 2.45) is 0 Å². The van der Waals surface area contributed by atoms with Gasteiger partial charge in [0.1, 0.15) is 11.9 Å². The summed E-state index contributed by atoms with van der Waals surface area (Å²) in [5, 5.41) is 12.6. The number of aryl methyl sites for hydroxylation is 2. The second-order valence-corrected chi connectivity index (χ2v) is 6.74. The lowest BCUT2D eigenvalue weighted by Crippen LogP contribution is -2.48. The average molecular weight is 318 g/mol. The number of rotatable bonds is 3. The molecular formula is C18H26N2O3. The molecule has 2 fully saturated rings. The highest BCUT2D eigenvalue weighted by molar-refractivity contribution is 5.82. The minimum absolute atomic E-state index is 0.117. The maximum Gasteiger partial charge on any atom is 0.239 e. The van der Waals surface area contributed by atoms with Crippen molar-refractivity contribution in [3.63, 3.8) is 0 Å². The van der Waals surface area contributed by atoms with Gasteiger partial charge in [-0.15, -0.1) is 0 Å². The number of nitrogens with zero attached hydrogens (tertiary/aromatic N) is 1. The smallest absolute Gasteiger partial charge is 0.239 e. The second kappa shape index (κ2) is 6.89. The number of ether oxygens (including phenoxy) is 1. The number of β-amino-alcohol motifs (C(OH)–C–C–N with tert-alkyl or cyclic N) is 1. The molecule has 2 N–H and O–H groups in total. The number of hydrogen-bond donors (Lipinski definition) is 2. The van der Waals surface area contributed by atoms with E-state index in [0.717, 1.165) is 31.7 Å². The molecule has 2 aliphatic heterocycles. The molecule has 0 aromatic heterocycles. The van der Waals surface area contributed by atoms with E-state index in [0.29, 0.717) is 13.0 Å². The summed E-state index contributed by atoms with van der Waals surface area (Å²) in [5.41, 5.74) is 2.50. The molecule has 2 atom stereocenters. The van der Waals surface area contributed by atoms with Crippen LogP contribution in [0, 0.1) is 13.8 Å². The molecule has 23 heavy (non-hydrogen) atoms. The highest BCUT2D eigenvalue weighted by atomic mass is 16.5. The van der Waals surface area contributed by atoms with E-state index in [2.05, 4.69) is 31.3 Å². The van der Waals surface area contributed by atoms with E-state index in [-0.39, 0.29) is 18.1 Å². The molecule has 5 nitrogen and oxygen atoms in total. The van der Waals surface area contributed by atoms with E-state index in [9.17, 15) is 9.90 Å².